The van der Waals surface area contributed by atoms with Gasteiger partial charge in [0.05, 0.1) is 6.54 Å². The number of nitrogens with zero attached hydrogens (tertiary/aromatic N) is 1. The predicted octanol–water partition coefficient (Wildman–Crippen LogP) is 2.67. The molecule has 1 atom stereocenters. The lowest BCUT2D eigenvalue weighted by Crippen LogP contribution is -2.47. The van der Waals surface area contributed by atoms with Crippen molar-refractivity contribution in [1.29, 1.82) is 0 Å². The SMILES string of the molecule is CCN(CC1COc2ccccc2O1)C(=O)NCCCOCC1CC1. The zero-order valence-electron chi connectivity index (χ0n) is 14.9. The number of hydrogen-bond donors (Lipinski definition) is 1. The summed E-state index contributed by atoms with van der Waals surface area (Å²) in [6, 6.07) is 7.55. The number of ether oxygens (including phenoxy) is 3. The van der Waals surface area contributed by atoms with Crippen LogP contribution in [0.2, 0.25) is 0 Å². The number of rotatable bonds is 9. The second kappa shape index (κ2) is 8.94. The fourth-order valence-corrected chi connectivity index (χ4v) is 2.77. The van der Waals surface area contributed by atoms with E-state index >= 15 is 0 Å². The maximum atomic E-state index is 12.3. The molecule has 2 aliphatic rings. The molecule has 2 amide bonds. The van der Waals surface area contributed by atoms with Gasteiger partial charge in [-0.1, -0.05) is 12.1 Å². The molecule has 0 aromatic heterocycles. The minimum absolute atomic E-state index is 0.0628. The van der Waals surface area contributed by atoms with Crippen molar-refractivity contribution < 1.29 is 19.0 Å². The minimum Gasteiger partial charge on any atom is -0.486 e. The third kappa shape index (κ3) is 5.53. The van der Waals surface area contributed by atoms with Crippen LogP contribution in [0.4, 0.5) is 4.79 Å². The van der Waals surface area contributed by atoms with Gasteiger partial charge in [0.1, 0.15) is 6.61 Å². The monoisotopic (exact) mass is 348 g/mol. The molecule has 25 heavy (non-hydrogen) atoms. The van der Waals surface area contributed by atoms with Crippen LogP contribution in [0.5, 0.6) is 11.5 Å². The highest BCUT2D eigenvalue weighted by Crippen LogP contribution is 2.31. The third-order valence-electron chi connectivity index (χ3n) is 4.45. The van der Waals surface area contributed by atoms with Crippen LogP contribution in [0, 0.1) is 5.92 Å². The summed E-state index contributed by atoms with van der Waals surface area (Å²) in [6.07, 6.45) is 3.30. The molecule has 1 aliphatic heterocycles. The average Bonchev–Trinajstić information content (AvgIpc) is 3.46. The predicted molar refractivity (Wildman–Crippen MR) is 95.2 cm³/mol. The van der Waals surface area contributed by atoms with Crippen LogP contribution in [0.3, 0.4) is 0 Å². The molecule has 6 heteroatoms. The lowest BCUT2D eigenvalue weighted by Gasteiger charge is -2.31. The molecule has 1 heterocycles. The molecule has 1 saturated carbocycles. The third-order valence-corrected chi connectivity index (χ3v) is 4.45. The standard InChI is InChI=1S/C19H28N2O4/c1-2-21(19(22)20-10-5-11-23-13-15-8-9-15)12-16-14-24-17-6-3-4-7-18(17)25-16/h3-4,6-7,15-16H,2,5,8-14H2,1H3,(H,20,22). The molecule has 1 N–H and O–H groups in total. The van der Waals surface area contributed by atoms with Crippen molar-refractivity contribution in [3.8, 4) is 11.5 Å². The van der Waals surface area contributed by atoms with Crippen LogP contribution in [-0.2, 0) is 4.74 Å². The van der Waals surface area contributed by atoms with Crippen LogP contribution >= 0.6 is 0 Å². The molecule has 1 fully saturated rings. The smallest absolute Gasteiger partial charge is 0.317 e. The fourth-order valence-electron chi connectivity index (χ4n) is 2.77. The van der Waals surface area contributed by atoms with Gasteiger partial charge in [0.2, 0.25) is 0 Å². The van der Waals surface area contributed by atoms with E-state index in [1.165, 1.54) is 12.8 Å². The van der Waals surface area contributed by atoms with E-state index in [1.54, 1.807) is 4.90 Å². The van der Waals surface area contributed by atoms with Crippen molar-refractivity contribution in [2.45, 2.75) is 32.3 Å². The maximum Gasteiger partial charge on any atom is 0.317 e. The quantitative estimate of drug-likeness (QED) is 0.697. The molecule has 138 valence electrons. The number of likely N-dealkylation sites (N-methyl/N-ethyl adjacent to an activating group) is 1. The van der Waals surface area contributed by atoms with Gasteiger partial charge >= 0.3 is 6.03 Å². The first kappa shape index (κ1) is 17.9. The van der Waals surface area contributed by atoms with Gasteiger partial charge in [0.25, 0.3) is 0 Å². The highest BCUT2D eigenvalue weighted by molar-refractivity contribution is 5.74. The number of carbonyl (C=O) groups is 1. The second-order valence-corrected chi connectivity index (χ2v) is 6.64. The molecule has 1 unspecified atom stereocenters. The number of amides is 2. The van der Waals surface area contributed by atoms with E-state index < -0.39 is 0 Å². The van der Waals surface area contributed by atoms with E-state index in [4.69, 9.17) is 14.2 Å². The van der Waals surface area contributed by atoms with Gasteiger partial charge in [-0.05, 0) is 44.2 Å². The van der Waals surface area contributed by atoms with Crippen molar-refractivity contribution in [1.82, 2.24) is 10.2 Å². The van der Waals surface area contributed by atoms with Crippen LogP contribution in [0.25, 0.3) is 0 Å². The molecule has 0 saturated heterocycles. The normalized spacial score (nSPS) is 18.7. The molecule has 1 aliphatic carbocycles. The first-order chi connectivity index (χ1) is 12.3. The van der Waals surface area contributed by atoms with E-state index in [2.05, 4.69) is 5.32 Å². The molecule has 0 bridgehead atoms. The number of urea groups is 1. The first-order valence-electron chi connectivity index (χ1n) is 9.25. The Morgan fingerprint density at radius 1 is 1.32 bits per heavy atom. The van der Waals surface area contributed by atoms with Crippen molar-refractivity contribution in [2.24, 2.45) is 5.92 Å². The summed E-state index contributed by atoms with van der Waals surface area (Å²) >= 11 is 0. The van der Waals surface area contributed by atoms with Crippen LogP contribution < -0.4 is 14.8 Å². The Morgan fingerprint density at radius 2 is 2.12 bits per heavy atom. The Hall–Kier alpha value is -1.95. The summed E-state index contributed by atoms with van der Waals surface area (Å²) in [7, 11) is 0. The van der Waals surface area contributed by atoms with Gasteiger partial charge in [-0.3, -0.25) is 0 Å². The molecule has 0 radical (unpaired) electrons. The van der Waals surface area contributed by atoms with Crippen LogP contribution in [0.15, 0.2) is 24.3 Å². The molecular formula is C19H28N2O4. The first-order valence-corrected chi connectivity index (χ1v) is 9.25. The number of benzene rings is 1. The summed E-state index contributed by atoms with van der Waals surface area (Å²) in [6.45, 7) is 5.77. The Balaban J connectivity index is 1.35. The fraction of sp³-hybridized carbons (Fsp3) is 0.632. The lowest BCUT2D eigenvalue weighted by molar-refractivity contribution is 0.0673. The van der Waals surface area contributed by atoms with Crippen molar-refractivity contribution in [2.75, 3.05) is 39.5 Å². The topological polar surface area (TPSA) is 60.0 Å². The van der Waals surface area contributed by atoms with Gasteiger partial charge in [-0.2, -0.15) is 0 Å². The minimum atomic E-state index is -0.150. The van der Waals surface area contributed by atoms with E-state index in [9.17, 15) is 4.79 Å². The molecule has 0 spiro atoms. The Kier molecular flexibility index (Phi) is 6.39. The molecular weight excluding hydrogens is 320 g/mol. The van der Waals surface area contributed by atoms with Gasteiger partial charge in [0, 0.05) is 26.3 Å². The Labute approximate surface area is 149 Å². The highest BCUT2D eigenvalue weighted by atomic mass is 16.6. The average molecular weight is 348 g/mol. The van der Waals surface area contributed by atoms with Gasteiger partial charge < -0.3 is 24.4 Å². The number of hydrogen-bond acceptors (Lipinski definition) is 4. The molecule has 1 aromatic carbocycles. The summed E-state index contributed by atoms with van der Waals surface area (Å²) in [5.74, 6) is 2.29. The number of fused-ring (bicyclic) bond motifs is 1. The van der Waals surface area contributed by atoms with Gasteiger partial charge in [0.15, 0.2) is 17.6 Å². The van der Waals surface area contributed by atoms with Crippen LogP contribution in [-0.4, -0.2) is 56.5 Å². The Bertz CT molecular complexity index is 562. The molecule has 3 rings (SSSR count). The zero-order chi connectivity index (χ0) is 17.5. The maximum absolute atomic E-state index is 12.3. The number of para-hydroxylation sites is 2. The lowest BCUT2D eigenvalue weighted by atomic mass is 10.2. The van der Waals surface area contributed by atoms with Crippen molar-refractivity contribution in [3.05, 3.63) is 24.3 Å². The molecule has 6 nitrogen and oxygen atoms in total. The highest BCUT2D eigenvalue weighted by Gasteiger charge is 2.24. The van der Waals surface area contributed by atoms with E-state index in [-0.39, 0.29) is 12.1 Å². The summed E-state index contributed by atoms with van der Waals surface area (Å²) in [5, 5.41) is 2.96. The second-order valence-electron chi connectivity index (χ2n) is 6.64. The Morgan fingerprint density at radius 3 is 2.88 bits per heavy atom. The van der Waals surface area contributed by atoms with Crippen molar-refractivity contribution >= 4 is 6.03 Å². The summed E-state index contributed by atoms with van der Waals surface area (Å²) in [5.41, 5.74) is 0. The largest absolute Gasteiger partial charge is 0.486 e. The van der Waals surface area contributed by atoms with E-state index in [0.717, 1.165) is 30.4 Å². The van der Waals surface area contributed by atoms with E-state index in [0.29, 0.717) is 32.8 Å². The van der Waals surface area contributed by atoms with E-state index in [1.807, 2.05) is 31.2 Å². The zero-order valence-corrected chi connectivity index (χ0v) is 14.9. The van der Waals surface area contributed by atoms with Crippen molar-refractivity contribution in [3.63, 3.8) is 0 Å². The van der Waals surface area contributed by atoms with Gasteiger partial charge in [-0.15, -0.1) is 0 Å². The number of carbonyl (C=O) groups excluding carboxylic acids is 1. The summed E-state index contributed by atoms with van der Waals surface area (Å²) < 4.78 is 17.2. The van der Waals surface area contributed by atoms with Gasteiger partial charge in [-0.25, -0.2) is 4.79 Å². The number of nitrogens with one attached hydrogen (secondary N) is 1. The van der Waals surface area contributed by atoms with Crippen LogP contribution in [0.1, 0.15) is 26.2 Å². The molecule has 1 aromatic rings. The summed E-state index contributed by atoms with van der Waals surface area (Å²) in [4.78, 5) is 14.1.